The predicted octanol–water partition coefficient (Wildman–Crippen LogP) is 4.02. The van der Waals surface area contributed by atoms with Crippen LogP contribution in [-0.2, 0) is 4.79 Å². The van der Waals surface area contributed by atoms with Gasteiger partial charge in [-0.15, -0.1) is 0 Å². The number of hydrogen-bond donors (Lipinski definition) is 2. The van der Waals surface area contributed by atoms with Crippen molar-refractivity contribution in [3.05, 3.63) is 59.7 Å². The molecule has 0 fully saturated rings. The number of amides is 2. The van der Waals surface area contributed by atoms with Crippen LogP contribution in [0.2, 0.25) is 0 Å². The second kappa shape index (κ2) is 10.8. The Morgan fingerprint density at radius 1 is 1.07 bits per heavy atom. The number of nitrogens with one attached hydrogen (secondary N) is 1. The highest BCUT2D eigenvalue weighted by molar-refractivity contribution is 6.07. The first-order valence-electron chi connectivity index (χ1n) is 9.32. The van der Waals surface area contributed by atoms with Crippen molar-refractivity contribution in [3.63, 3.8) is 0 Å². The van der Waals surface area contributed by atoms with E-state index in [2.05, 4.69) is 12.2 Å². The fraction of sp³-hybridized carbons (Fsp3) is 0.273. The van der Waals surface area contributed by atoms with Gasteiger partial charge in [-0.05, 0) is 49.2 Å². The molecule has 0 spiro atoms. The van der Waals surface area contributed by atoms with Gasteiger partial charge in [0.25, 0.3) is 5.91 Å². The first kappa shape index (κ1) is 21.0. The van der Waals surface area contributed by atoms with Crippen LogP contribution < -0.4 is 20.5 Å². The maximum atomic E-state index is 12.2. The number of hydrogen-bond acceptors (Lipinski definition) is 4. The lowest BCUT2D eigenvalue weighted by Crippen LogP contribution is -2.16. The molecule has 2 rings (SSSR count). The molecule has 6 nitrogen and oxygen atoms in total. The maximum absolute atomic E-state index is 12.2. The van der Waals surface area contributed by atoms with E-state index in [4.69, 9.17) is 15.2 Å². The molecule has 0 atom stereocenters. The summed E-state index contributed by atoms with van der Waals surface area (Å²) in [6, 6.07) is 12.1. The van der Waals surface area contributed by atoms with E-state index < -0.39 is 5.91 Å². The fourth-order valence-electron chi connectivity index (χ4n) is 2.50. The minimum atomic E-state index is -0.597. The molecule has 28 heavy (non-hydrogen) atoms. The van der Waals surface area contributed by atoms with Crippen LogP contribution in [0.3, 0.4) is 0 Å². The van der Waals surface area contributed by atoms with Crippen LogP contribution in [0.15, 0.2) is 48.5 Å². The van der Waals surface area contributed by atoms with Crippen LogP contribution in [0, 0.1) is 0 Å². The summed E-state index contributed by atoms with van der Waals surface area (Å²) in [4.78, 5) is 23.6. The van der Waals surface area contributed by atoms with E-state index in [0.29, 0.717) is 30.4 Å². The van der Waals surface area contributed by atoms with Gasteiger partial charge in [0.05, 0.1) is 24.5 Å². The molecular formula is C22H26N2O4. The highest BCUT2D eigenvalue weighted by Gasteiger charge is 2.09. The summed E-state index contributed by atoms with van der Waals surface area (Å²) < 4.78 is 11.4. The van der Waals surface area contributed by atoms with Gasteiger partial charge >= 0.3 is 0 Å². The van der Waals surface area contributed by atoms with E-state index in [0.717, 1.165) is 18.4 Å². The normalized spacial score (nSPS) is 10.6. The fourth-order valence-corrected chi connectivity index (χ4v) is 2.50. The van der Waals surface area contributed by atoms with E-state index in [9.17, 15) is 9.59 Å². The van der Waals surface area contributed by atoms with E-state index in [1.54, 1.807) is 30.3 Å². The molecule has 0 bridgehead atoms. The number of nitrogens with two attached hydrogens (primary N) is 1. The molecule has 2 amide bonds. The molecule has 0 aromatic heterocycles. The third-order valence-corrected chi connectivity index (χ3v) is 3.90. The van der Waals surface area contributed by atoms with Gasteiger partial charge in [-0.25, -0.2) is 0 Å². The van der Waals surface area contributed by atoms with Crippen LogP contribution in [0.1, 0.15) is 42.6 Å². The lowest BCUT2D eigenvalue weighted by Gasteiger charge is -2.12. The topological polar surface area (TPSA) is 90.6 Å². The quantitative estimate of drug-likeness (QED) is 0.480. The van der Waals surface area contributed by atoms with Crippen LogP contribution in [0.4, 0.5) is 5.69 Å². The van der Waals surface area contributed by atoms with Crippen molar-refractivity contribution < 1.29 is 19.1 Å². The highest BCUT2D eigenvalue weighted by atomic mass is 16.5. The first-order valence-corrected chi connectivity index (χ1v) is 9.32. The Morgan fingerprint density at radius 2 is 1.86 bits per heavy atom. The van der Waals surface area contributed by atoms with Crippen molar-refractivity contribution in [2.75, 3.05) is 18.5 Å². The summed E-state index contributed by atoms with van der Waals surface area (Å²) in [5.41, 5.74) is 6.76. The zero-order chi connectivity index (χ0) is 20.4. The molecule has 0 unspecified atom stereocenters. The second-order valence-electron chi connectivity index (χ2n) is 6.07. The molecule has 0 radical (unpaired) electrons. The summed E-state index contributed by atoms with van der Waals surface area (Å²) in [6.45, 7) is 5.16. The van der Waals surface area contributed by atoms with Crippen LogP contribution in [0.5, 0.6) is 11.5 Å². The van der Waals surface area contributed by atoms with Crippen molar-refractivity contribution in [2.45, 2.75) is 26.7 Å². The van der Waals surface area contributed by atoms with Gasteiger partial charge in [-0.3, -0.25) is 9.59 Å². The monoisotopic (exact) mass is 382 g/mol. The summed E-state index contributed by atoms with van der Waals surface area (Å²) in [7, 11) is 0. The zero-order valence-electron chi connectivity index (χ0n) is 16.2. The number of unbranched alkanes of at least 4 members (excludes halogenated alkanes) is 1. The van der Waals surface area contributed by atoms with Gasteiger partial charge in [0.15, 0.2) is 11.5 Å². The van der Waals surface area contributed by atoms with Gasteiger partial charge in [0.2, 0.25) is 5.91 Å². The van der Waals surface area contributed by atoms with Crippen LogP contribution in [0.25, 0.3) is 6.08 Å². The van der Waals surface area contributed by atoms with Gasteiger partial charge < -0.3 is 20.5 Å². The van der Waals surface area contributed by atoms with Crippen molar-refractivity contribution >= 4 is 23.6 Å². The molecule has 0 saturated heterocycles. The Hall–Kier alpha value is -3.28. The number of benzene rings is 2. The van der Waals surface area contributed by atoms with E-state index in [1.165, 1.54) is 6.08 Å². The first-order chi connectivity index (χ1) is 13.5. The second-order valence-corrected chi connectivity index (χ2v) is 6.07. The smallest absolute Gasteiger partial charge is 0.250 e. The van der Waals surface area contributed by atoms with Gasteiger partial charge in [-0.2, -0.15) is 0 Å². The molecule has 2 aromatic rings. The molecule has 3 N–H and O–H groups in total. The summed E-state index contributed by atoms with van der Waals surface area (Å²) in [5.74, 6) is 0.363. The van der Waals surface area contributed by atoms with Crippen LogP contribution in [-0.4, -0.2) is 25.0 Å². The summed E-state index contributed by atoms with van der Waals surface area (Å²) >= 11 is 0. The molecule has 6 heteroatoms. The number of carbonyl (C=O) groups excluding carboxylic acids is 2. The van der Waals surface area contributed by atoms with Crippen LogP contribution >= 0.6 is 0 Å². The number of rotatable bonds is 10. The molecular weight excluding hydrogens is 356 g/mol. The average Bonchev–Trinajstić information content (AvgIpc) is 2.68. The SMILES string of the molecule is CCCCOc1ccc(/C=C/C(=O)Nc2ccccc2C(N)=O)cc1OCC. The molecule has 0 aliphatic heterocycles. The van der Waals surface area contributed by atoms with Gasteiger partial charge in [0, 0.05) is 6.08 Å². The highest BCUT2D eigenvalue weighted by Crippen LogP contribution is 2.29. The minimum absolute atomic E-state index is 0.261. The largest absolute Gasteiger partial charge is 0.490 e. The van der Waals surface area contributed by atoms with Gasteiger partial charge in [0.1, 0.15) is 0 Å². The summed E-state index contributed by atoms with van der Waals surface area (Å²) in [6.07, 6.45) is 5.08. The molecule has 2 aromatic carbocycles. The number of ether oxygens (including phenoxy) is 2. The molecule has 0 aliphatic carbocycles. The lowest BCUT2D eigenvalue weighted by atomic mass is 10.1. The van der Waals surface area contributed by atoms with E-state index in [1.807, 2.05) is 25.1 Å². The molecule has 0 aliphatic rings. The average molecular weight is 382 g/mol. The van der Waals surface area contributed by atoms with Gasteiger partial charge in [-0.1, -0.05) is 31.5 Å². The Balaban J connectivity index is 2.09. The Morgan fingerprint density at radius 3 is 2.57 bits per heavy atom. The third kappa shape index (κ3) is 6.16. The maximum Gasteiger partial charge on any atom is 0.250 e. The molecule has 148 valence electrons. The number of para-hydroxylation sites is 1. The number of anilines is 1. The lowest BCUT2D eigenvalue weighted by molar-refractivity contribution is -0.111. The van der Waals surface area contributed by atoms with Crippen molar-refractivity contribution in [1.82, 2.24) is 0 Å². The zero-order valence-corrected chi connectivity index (χ0v) is 16.2. The number of primary amides is 1. The molecule has 0 heterocycles. The summed E-state index contributed by atoms with van der Waals surface area (Å²) in [5, 5.41) is 2.67. The van der Waals surface area contributed by atoms with Crippen molar-refractivity contribution in [1.29, 1.82) is 0 Å². The minimum Gasteiger partial charge on any atom is -0.490 e. The van der Waals surface area contributed by atoms with E-state index in [-0.39, 0.29) is 11.5 Å². The Kier molecular flexibility index (Phi) is 8.09. The molecule has 0 saturated carbocycles. The van der Waals surface area contributed by atoms with Crippen molar-refractivity contribution in [2.24, 2.45) is 5.73 Å². The Labute approximate surface area is 165 Å². The standard InChI is InChI=1S/C22H26N2O4/c1-3-5-14-28-19-12-10-16(15-20(19)27-4-2)11-13-21(25)24-18-9-7-6-8-17(18)22(23)26/h6-13,15H,3-5,14H2,1-2H3,(H2,23,26)(H,24,25)/b13-11+. The van der Waals surface area contributed by atoms with Crippen molar-refractivity contribution in [3.8, 4) is 11.5 Å². The predicted molar refractivity (Wildman–Crippen MR) is 111 cm³/mol. The Bertz CT molecular complexity index is 846. The van der Waals surface area contributed by atoms with E-state index >= 15 is 0 Å². The third-order valence-electron chi connectivity index (χ3n) is 3.90. The number of carbonyl (C=O) groups is 2.